The molecule has 0 aliphatic heterocycles. The summed E-state index contributed by atoms with van der Waals surface area (Å²) in [5, 5.41) is 0. The van der Waals surface area contributed by atoms with Gasteiger partial charge in [-0.15, -0.1) is 0 Å². The monoisotopic (exact) mass is 243 g/mol. The van der Waals surface area contributed by atoms with Crippen molar-refractivity contribution in [1.82, 2.24) is 0 Å². The van der Waals surface area contributed by atoms with Crippen LogP contribution in [-0.2, 0) is 16.6 Å². The van der Waals surface area contributed by atoms with Gasteiger partial charge in [0.25, 0.3) is 0 Å². The van der Waals surface area contributed by atoms with Gasteiger partial charge in [-0.3, -0.25) is 4.21 Å². The maximum Gasteiger partial charge on any atom is 0.125 e. The summed E-state index contributed by atoms with van der Waals surface area (Å²) in [6.45, 7) is 2.11. The van der Waals surface area contributed by atoms with E-state index in [0.717, 1.165) is 24.8 Å². The van der Waals surface area contributed by atoms with E-state index in [2.05, 4.69) is 6.92 Å². The van der Waals surface area contributed by atoms with Crippen molar-refractivity contribution >= 4 is 16.5 Å². The van der Waals surface area contributed by atoms with E-state index >= 15 is 0 Å². The fraction of sp³-hybridized carbons (Fsp3) is 0.500. The van der Waals surface area contributed by atoms with Crippen LogP contribution in [0.15, 0.2) is 18.2 Å². The lowest BCUT2D eigenvalue weighted by molar-refractivity contribution is 0.628. The topological polar surface area (TPSA) is 43.1 Å². The van der Waals surface area contributed by atoms with Gasteiger partial charge in [0.1, 0.15) is 5.82 Å². The molecule has 2 nitrogen and oxygen atoms in total. The maximum absolute atomic E-state index is 12.8. The zero-order chi connectivity index (χ0) is 12.0. The first-order valence-electron chi connectivity index (χ1n) is 5.52. The molecular weight excluding hydrogens is 225 g/mol. The standard InChI is InChI=1S/C12H18FNOS/c1-2-3-4-7-16(15)9-10-5-6-11(13)8-12(10)14/h5-6,8H,2-4,7,9,14H2,1H3. The second-order valence-corrected chi connectivity index (χ2v) is 5.42. The first-order valence-corrected chi connectivity index (χ1v) is 7.01. The fourth-order valence-corrected chi connectivity index (χ4v) is 2.74. The summed E-state index contributed by atoms with van der Waals surface area (Å²) < 4.78 is 24.5. The quantitative estimate of drug-likeness (QED) is 0.616. The Kier molecular flexibility index (Phi) is 5.46. The molecule has 1 aromatic rings. The zero-order valence-electron chi connectivity index (χ0n) is 9.54. The average molecular weight is 243 g/mol. The summed E-state index contributed by atoms with van der Waals surface area (Å²) in [5.41, 5.74) is 6.82. The van der Waals surface area contributed by atoms with Crippen LogP contribution in [-0.4, -0.2) is 9.96 Å². The third-order valence-electron chi connectivity index (χ3n) is 2.40. The molecule has 0 amide bonds. The van der Waals surface area contributed by atoms with Crippen molar-refractivity contribution in [3.05, 3.63) is 29.6 Å². The highest BCUT2D eigenvalue weighted by atomic mass is 32.2. The number of rotatable bonds is 6. The molecule has 1 aromatic carbocycles. The highest BCUT2D eigenvalue weighted by molar-refractivity contribution is 7.84. The Morgan fingerprint density at radius 1 is 1.38 bits per heavy atom. The van der Waals surface area contributed by atoms with Crippen LogP contribution in [0.3, 0.4) is 0 Å². The summed E-state index contributed by atoms with van der Waals surface area (Å²) in [6.07, 6.45) is 3.20. The van der Waals surface area contributed by atoms with Crippen LogP contribution >= 0.6 is 0 Å². The lowest BCUT2D eigenvalue weighted by atomic mass is 10.2. The highest BCUT2D eigenvalue weighted by Gasteiger charge is 2.05. The molecule has 1 atom stereocenters. The van der Waals surface area contributed by atoms with Gasteiger partial charge in [-0.05, 0) is 24.1 Å². The Morgan fingerprint density at radius 2 is 2.12 bits per heavy atom. The van der Waals surface area contributed by atoms with Crippen molar-refractivity contribution in [3.8, 4) is 0 Å². The van der Waals surface area contributed by atoms with Gasteiger partial charge in [0.2, 0.25) is 0 Å². The number of unbranched alkanes of at least 4 members (excludes halogenated alkanes) is 2. The molecule has 1 rings (SSSR count). The lowest BCUT2D eigenvalue weighted by Gasteiger charge is -2.05. The Bertz CT molecular complexity index is 368. The van der Waals surface area contributed by atoms with E-state index < -0.39 is 10.8 Å². The Morgan fingerprint density at radius 3 is 2.75 bits per heavy atom. The molecule has 0 spiro atoms. The third-order valence-corrected chi connectivity index (χ3v) is 3.78. The van der Waals surface area contributed by atoms with Crippen LogP contribution in [0.4, 0.5) is 10.1 Å². The highest BCUT2D eigenvalue weighted by Crippen LogP contribution is 2.15. The summed E-state index contributed by atoms with van der Waals surface area (Å²) in [6, 6.07) is 4.25. The minimum atomic E-state index is -0.892. The minimum absolute atomic E-state index is 0.349. The predicted octanol–water partition coefficient (Wildman–Crippen LogP) is 2.85. The van der Waals surface area contributed by atoms with Crippen LogP contribution in [0.1, 0.15) is 31.7 Å². The number of hydrogen-bond donors (Lipinski definition) is 1. The Balaban J connectivity index is 2.49. The smallest absolute Gasteiger partial charge is 0.125 e. The zero-order valence-corrected chi connectivity index (χ0v) is 10.4. The van der Waals surface area contributed by atoms with E-state index in [0.29, 0.717) is 17.2 Å². The molecule has 16 heavy (non-hydrogen) atoms. The summed E-state index contributed by atoms with van der Waals surface area (Å²) >= 11 is 0. The maximum atomic E-state index is 12.8. The van der Waals surface area contributed by atoms with Gasteiger partial charge in [0.05, 0.1) is 5.75 Å². The van der Waals surface area contributed by atoms with Crippen molar-refractivity contribution in [2.24, 2.45) is 0 Å². The number of halogens is 1. The van der Waals surface area contributed by atoms with E-state index in [9.17, 15) is 8.60 Å². The molecule has 0 fully saturated rings. The predicted molar refractivity (Wildman–Crippen MR) is 67.1 cm³/mol. The van der Waals surface area contributed by atoms with Crippen molar-refractivity contribution in [1.29, 1.82) is 0 Å². The molecule has 0 saturated heterocycles. The van der Waals surface area contributed by atoms with Gasteiger partial charge in [-0.1, -0.05) is 25.8 Å². The van der Waals surface area contributed by atoms with Gasteiger partial charge >= 0.3 is 0 Å². The van der Waals surface area contributed by atoms with Crippen LogP contribution in [0.5, 0.6) is 0 Å². The van der Waals surface area contributed by atoms with Crippen molar-refractivity contribution in [2.45, 2.75) is 31.9 Å². The van der Waals surface area contributed by atoms with E-state index in [1.54, 1.807) is 6.07 Å². The van der Waals surface area contributed by atoms with Crippen molar-refractivity contribution in [2.75, 3.05) is 11.5 Å². The molecule has 0 aliphatic carbocycles. The number of hydrogen-bond acceptors (Lipinski definition) is 2. The van der Waals surface area contributed by atoms with Gasteiger partial charge in [0.15, 0.2) is 0 Å². The number of benzene rings is 1. The van der Waals surface area contributed by atoms with E-state index in [4.69, 9.17) is 5.73 Å². The van der Waals surface area contributed by atoms with E-state index in [-0.39, 0.29) is 5.82 Å². The van der Waals surface area contributed by atoms with Crippen LogP contribution in [0.25, 0.3) is 0 Å². The van der Waals surface area contributed by atoms with E-state index in [1.165, 1.54) is 12.1 Å². The Hall–Kier alpha value is -0.900. The number of nitrogen functional groups attached to an aromatic ring is 1. The molecule has 0 bridgehead atoms. The average Bonchev–Trinajstić information content (AvgIpc) is 2.23. The van der Waals surface area contributed by atoms with E-state index in [1.807, 2.05) is 0 Å². The summed E-state index contributed by atoms with van der Waals surface area (Å²) in [7, 11) is -0.892. The lowest BCUT2D eigenvalue weighted by Crippen LogP contribution is -2.04. The molecule has 1 unspecified atom stereocenters. The van der Waals surface area contributed by atoms with Crippen LogP contribution < -0.4 is 5.73 Å². The number of anilines is 1. The molecule has 4 heteroatoms. The molecular formula is C12H18FNOS. The second-order valence-electron chi connectivity index (χ2n) is 3.84. The van der Waals surface area contributed by atoms with Gasteiger partial charge < -0.3 is 5.73 Å². The molecule has 0 saturated carbocycles. The van der Waals surface area contributed by atoms with Crippen molar-refractivity contribution < 1.29 is 8.60 Å². The minimum Gasteiger partial charge on any atom is -0.398 e. The Labute approximate surface area is 98.5 Å². The second kappa shape index (κ2) is 6.63. The van der Waals surface area contributed by atoms with Crippen LogP contribution in [0, 0.1) is 5.82 Å². The van der Waals surface area contributed by atoms with Crippen LogP contribution in [0.2, 0.25) is 0 Å². The first-order chi connectivity index (χ1) is 7.63. The summed E-state index contributed by atoms with van der Waals surface area (Å²) in [4.78, 5) is 0. The van der Waals surface area contributed by atoms with Crippen molar-refractivity contribution in [3.63, 3.8) is 0 Å². The summed E-state index contributed by atoms with van der Waals surface area (Å²) in [5.74, 6) is 0.776. The van der Waals surface area contributed by atoms with Gasteiger partial charge in [0, 0.05) is 22.2 Å². The molecule has 2 N–H and O–H groups in total. The molecule has 0 radical (unpaired) electrons. The molecule has 0 aliphatic rings. The molecule has 0 heterocycles. The molecule has 0 aromatic heterocycles. The SMILES string of the molecule is CCCCCS(=O)Cc1ccc(F)cc1N. The third kappa shape index (κ3) is 4.31. The normalized spacial score (nSPS) is 12.6. The largest absolute Gasteiger partial charge is 0.398 e. The number of nitrogens with two attached hydrogens (primary N) is 1. The molecule has 90 valence electrons. The van der Waals surface area contributed by atoms with Gasteiger partial charge in [-0.25, -0.2) is 4.39 Å². The van der Waals surface area contributed by atoms with Gasteiger partial charge in [-0.2, -0.15) is 0 Å². The first kappa shape index (κ1) is 13.2. The fourth-order valence-electron chi connectivity index (χ4n) is 1.46.